The Morgan fingerprint density at radius 2 is 1.90 bits per heavy atom. The molecule has 0 radical (unpaired) electrons. The molecule has 0 aromatic heterocycles. The van der Waals surface area contributed by atoms with Gasteiger partial charge in [0.05, 0.1) is 9.52 Å². The summed E-state index contributed by atoms with van der Waals surface area (Å²) >= 11 is 0. The van der Waals surface area contributed by atoms with Gasteiger partial charge in [-0.2, -0.15) is 0 Å². The molecular formula is C19H26Si. The molecule has 1 heteroatoms. The molecule has 0 nitrogen and oxygen atoms in total. The first kappa shape index (κ1) is 13.9. The average Bonchev–Trinajstić information content (AvgIpc) is 2.88. The van der Waals surface area contributed by atoms with Crippen molar-refractivity contribution < 1.29 is 0 Å². The summed E-state index contributed by atoms with van der Waals surface area (Å²) in [6.45, 7) is 2.23. The summed E-state index contributed by atoms with van der Waals surface area (Å²) in [5.74, 6) is 0.955. The SMILES string of the molecule is CC1=CCC([SiH2]c2ccccc2CC2CCCCC2)=C1. The van der Waals surface area contributed by atoms with Crippen molar-refractivity contribution in [3.8, 4) is 0 Å². The Balaban J connectivity index is 1.69. The number of benzene rings is 1. The van der Waals surface area contributed by atoms with Gasteiger partial charge in [0.25, 0.3) is 0 Å². The number of allylic oxidation sites excluding steroid dienone is 4. The van der Waals surface area contributed by atoms with E-state index in [4.69, 9.17) is 0 Å². The molecule has 3 rings (SSSR count). The summed E-state index contributed by atoms with van der Waals surface area (Å²) in [6.07, 6.45) is 14.7. The van der Waals surface area contributed by atoms with Gasteiger partial charge in [0.2, 0.25) is 0 Å². The van der Waals surface area contributed by atoms with Gasteiger partial charge in [-0.15, -0.1) is 0 Å². The zero-order valence-electron chi connectivity index (χ0n) is 12.7. The van der Waals surface area contributed by atoms with Gasteiger partial charge in [-0.1, -0.05) is 84.5 Å². The lowest BCUT2D eigenvalue weighted by molar-refractivity contribution is 0.357. The molecule has 0 atom stereocenters. The van der Waals surface area contributed by atoms with Crippen LogP contribution in [0.2, 0.25) is 0 Å². The molecule has 0 saturated heterocycles. The molecule has 106 valence electrons. The van der Waals surface area contributed by atoms with Crippen molar-refractivity contribution in [2.75, 3.05) is 0 Å². The van der Waals surface area contributed by atoms with Crippen molar-refractivity contribution in [3.63, 3.8) is 0 Å². The van der Waals surface area contributed by atoms with Gasteiger partial charge in [-0.25, -0.2) is 0 Å². The Labute approximate surface area is 125 Å². The van der Waals surface area contributed by atoms with Crippen LogP contribution < -0.4 is 5.19 Å². The highest BCUT2D eigenvalue weighted by molar-refractivity contribution is 6.61. The molecular weight excluding hydrogens is 256 g/mol. The maximum atomic E-state index is 2.43. The molecule has 0 amide bonds. The Morgan fingerprint density at radius 1 is 1.10 bits per heavy atom. The van der Waals surface area contributed by atoms with Gasteiger partial charge in [-0.3, -0.25) is 0 Å². The molecule has 1 aromatic carbocycles. The first-order valence-electron chi connectivity index (χ1n) is 8.24. The fourth-order valence-corrected chi connectivity index (χ4v) is 5.68. The van der Waals surface area contributed by atoms with Crippen molar-refractivity contribution in [2.45, 2.75) is 51.9 Å². The molecule has 0 heterocycles. The van der Waals surface area contributed by atoms with Gasteiger partial charge >= 0.3 is 0 Å². The standard InChI is InChI=1S/C19H26Si/c1-15-11-12-18(13-15)20-19-10-6-5-9-17(19)14-16-7-3-2-4-8-16/h5-6,9-11,13,16H,2-4,7-8,12,14,20H2,1H3. The van der Waals surface area contributed by atoms with E-state index < -0.39 is 0 Å². The van der Waals surface area contributed by atoms with Crippen LogP contribution in [0.4, 0.5) is 0 Å². The lowest BCUT2D eigenvalue weighted by atomic mass is 9.85. The van der Waals surface area contributed by atoms with Crippen LogP contribution in [-0.4, -0.2) is 9.52 Å². The van der Waals surface area contributed by atoms with Crippen LogP contribution in [-0.2, 0) is 6.42 Å². The Hall–Kier alpha value is -1.08. The van der Waals surface area contributed by atoms with E-state index in [1.807, 2.05) is 0 Å². The maximum Gasteiger partial charge on any atom is 0.0832 e. The third kappa shape index (κ3) is 3.52. The molecule has 0 aliphatic heterocycles. The van der Waals surface area contributed by atoms with Crippen molar-refractivity contribution in [1.82, 2.24) is 0 Å². The van der Waals surface area contributed by atoms with E-state index in [0.29, 0.717) is 0 Å². The lowest BCUT2D eigenvalue weighted by Gasteiger charge is -2.22. The van der Waals surface area contributed by atoms with E-state index in [0.717, 1.165) is 5.92 Å². The minimum atomic E-state index is -0.233. The molecule has 20 heavy (non-hydrogen) atoms. The van der Waals surface area contributed by atoms with Gasteiger partial charge in [0, 0.05) is 0 Å². The third-order valence-electron chi connectivity index (χ3n) is 4.89. The number of hydrogen-bond acceptors (Lipinski definition) is 0. The van der Waals surface area contributed by atoms with E-state index in [1.165, 1.54) is 50.5 Å². The van der Waals surface area contributed by atoms with E-state index in [2.05, 4.69) is 43.3 Å². The quantitative estimate of drug-likeness (QED) is 0.736. The van der Waals surface area contributed by atoms with Crippen LogP contribution in [0.25, 0.3) is 0 Å². The van der Waals surface area contributed by atoms with E-state index in [1.54, 1.807) is 15.9 Å². The first-order chi connectivity index (χ1) is 9.81. The van der Waals surface area contributed by atoms with Gasteiger partial charge in [0.15, 0.2) is 0 Å². The van der Waals surface area contributed by atoms with E-state index in [-0.39, 0.29) is 9.52 Å². The Bertz CT molecular complexity index is 518. The molecule has 0 unspecified atom stereocenters. The Morgan fingerprint density at radius 3 is 2.65 bits per heavy atom. The summed E-state index contributed by atoms with van der Waals surface area (Å²) < 4.78 is 0. The zero-order chi connectivity index (χ0) is 13.8. The lowest BCUT2D eigenvalue weighted by Crippen LogP contribution is -2.23. The second-order valence-corrected chi connectivity index (χ2v) is 8.63. The Kier molecular flexibility index (Phi) is 4.57. The molecule has 0 N–H and O–H groups in total. The van der Waals surface area contributed by atoms with Crippen LogP contribution in [0.1, 0.15) is 51.0 Å². The van der Waals surface area contributed by atoms with Crippen LogP contribution in [0.5, 0.6) is 0 Å². The minimum Gasteiger partial charge on any atom is -0.0786 e. The van der Waals surface area contributed by atoms with E-state index >= 15 is 0 Å². The fourth-order valence-electron chi connectivity index (χ4n) is 3.73. The van der Waals surface area contributed by atoms with Crippen LogP contribution >= 0.6 is 0 Å². The molecule has 1 fully saturated rings. The average molecular weight is 283 g/mol. The molecule has 0 bridgehead atoms. The van der Waals surface area contributed by atoms with Crippen LogP contribution in [0.15, 0.2) is 47.2 Å². The van der Waals surface area contributed by atoms with Crippen LogP contribution in [0.3, 0.4) is 0 Å². The predicted molar refractivity (Wildman–Crippen MR) is 91.4 cm³/mol. The normalized spacial score (nSPS) is 20.4. The zero-order valence-corrected chi connectivity index (χ0v) is 14.1. The van der Waals surface area contributed by atoms with E-state index in [9.17, 15) is 0 Å². The topological polar surface area (TPSA) is 0 Å². The summed E-state index contributed by atoms with van der Waals surface area (Å²) in [7, 11) is -0.233. The summed E-state index contributed by atoms with van der Waals surface area (Å²) in [4.78, 5) is 0. The summed E-state index contributed by atoms with van der Waals surface area (Å²) in [6, 6.07) is 9.27. The first-order valence-corrected chi connectivity index (χ1v) is 9.65. The fraction of sp³-hybridized carbons (Fsp3) is 0.474. The van der Waals surface area contributed by atoms with Crippen molar-refractivity contribution >= 4 is 14.7 Å². The van der Waals surface area contributed by atoms with Gasteiger partial charge < -0.3 is 0 Å². The summed E-state index contributed by atoms with van der Waals surface area (Å²) in [5, 5.41) is 3.42. The molecule has 1 aromatic rings. The van der Waals surface area contributed by atoms with Gasteiger partial charge in [0.1, 0.15) is 0 Å². The molecule has 2 aliphatic carbocycles. The second kappa shape index (κ2) is 6.58. The second-order valence-electron chi connectivity index (χ2n) is 6.61. The number of hydrogen-bond donors (Lipinski definition) is 0. The minimum absolute atomic E-state index is 0.233. The highest BCUT2D eigenvalue weighted by atomic mass is 28.2. The summed E-state index contributed by atoms with van der Waals surface area (Å²) in [5.41, 5.74) is 3.13. The van der Waals surface area contributed by atoms with Gasteiger partial charge in [-0.05, 0) is 31.2 Å². The largest absolute Gasteiger partial charge is 0.0832 e. The van der Waals surface area contributed by atoms with Crippen molar-refractivity contribution in [2.24, 2.45) is 5.92 Å². The maximum absolute atomic E-state index is 2.43. The smallest absolute Gasteiger partial charge is 0.0786 e. The number of rotatable bonds is 4. The van der Waals surface area contributed by atoms with Crippen LogP contribution in [0, 0.1) is 5.92 Å². The monoisotopic (exact) mass is 282 g/mol. The highest BCUT2D eigenvalue weighted by Crippen LogP contribution is 2.26. The van der Waals surface area contributed by atoms with Crippen molar-refractivity contribution in [1.29, 1.82) is 0 Å². The third-order valence-corrected chi connectivity index (χ3v) is 6.90. The predicted octanol–water partition coefficient (Wildman–Crippen LogP) is 3.84. The highest BCUT2D eigenvalue weighted by Gasteiger charge is 2.16. The van der Waals surface area contributed by atoms with Crippen molar-refractivity contribution in [3.05, 3.63) is 52.8 Å². The molecule has 2 aliphatic rings. The molecule has 0 spiro atoms. The molecule has 1 saturated carbocycles.